The molecule has 150 valence electrons. The minimum Gasteiger partial charge on any atom is -0.481 e. The molecule has 6 nitrogen and oxygen atoms in total. The maximum absolute atomic E-state index is 13.0. The van der Waals surface area contributed by atoms with E-state index in [1.807, 2.05) is 6.92 Å². The maximum atomic E-state index is 13.0. The van der Waals surface area contributed by atoms with Crippen LogP contribution in [0.3, 0.4) is 0 Å². The summed E-state index contributed by atoms with van der Waals surface area (Å²) >= 11 is 0. The lowest BCUT2D eigenvalue weighted by atomic mass is 10.2. The third-order valence-corrected chi connectivity index (χ3v) is 6.58. The van der Waals surface area contributed by atoms with Crippen LogP contribution in [0.15, 0.2) is 59.5 Å². The topological polar surface area (TPSA) is 66.9 Å². The van der Waals surface area contributed by atoms with Gasteiger partial charge in [0.1, 0.15) is 11.6 Å². The lowest BCUT2D eigenvalue weighted by Gasteiger charge is -2.35. The standard InChI is InChI=1S/C20H23FN2O4S/c1-2-19(27-17-10-8-16(21)9-11-17)20(24)22-12-14-23(15-13-22)28(25,26)18-6-4-3-5-7-18/h3-11,19H,2,12-15H2,1H3/t19-/m1/s1. The summed E-state index contributed by atoms with van der Waals surface area (Å²) in [4.78, 5) is 14.7. The normalized spacial score (nSPS) is 16.6. The van der Waals surface area contributed by atoms with E-state index in [0.29, 0.717) is 25.3 Å². The third kappa shape index (κ3) is 4.51. The molecule has 28 heavy (non-hydrogen) atoms. The van der Waals surface area contributed by atoms with Crippen molar-refractivity contribution < 1.29 is 22.3 Å². The van der Waals surface area contributed by atoms with Crippen LogP contribution in [0.5, 0.6) is 5.75 Å². The van der Waals surface area contributed by atoms with Crippen LogP contribution in [-0.4, -0.2) is 55.8 Å². The molecule has 0 radical (unpaired) electrons. The number of hydrogen-bond donors (Lipinski definition) is 0. The summed E-state index contributed by atoms with van der Waals surface area (Å²) in [7, 11) is -3.56. The number of amides is 1. The predicted molar refractivity (Wildman–Crippen MR) is 103 cm³/mol. The smallest absolute Gasteiger partial charge is 0.263 e. The van der Waals surface area contributed by atoms with E-state index in [-0.39, 0.29) is 29.7 Å². The fourth-order valence-electron chi connectivity index (χ4n) is 3.08. The van der Waals surface area contributed by atoms with Gasteiger partial charge < -0.3 is 9.64 Å². The molecule has 0 N–H and O–H groups in total. The van der Waals surface area contributed by atoms with Gasteiger partial charge in [-0.15, -0.1) is 0 Å². The number of carbonyl (C=O) groups is 1. The number of hydrogen-bond acceptors (Lipinski definition) is 4. The Morgan fingerprint density at radius 2 is 1.64 bits per heavy atom. The molecule has 1 amide bonds. The Morgan fingerprint density at radius 1 is 1.04 bits per heavy atom. The molecule has 1 aliphatic rings. The van der Waals surface area contributed by atoms with Crippen LogP contribution in [0.2, 0.25) is 0 Å². The van der Waals surface area contributed by atoms with E-state index in [9.17, 15) is 17.6 Å². The lowest BCUT2D eigenvalue weighted by molar-refractivity contribution is -0.140. The number of sulfonamides is 1. The Balaban J connectivity index is 1.61. The van der Waals surface area contributed by atoms with Gasteiger partial charge in [-0.25, -0.2) is 12.8 Å². The number of benzene rings is 2. The molecule has 1 fully saturated rings. The van der Waals surface area contributed by atoms with Gasteiger partial charge in [0, 0.05) is 26.2 Å². The minimum atomic E-state index is -3.56. The van der Waals surface area contributed by atoms with Crippen LogP contribution in [0.25, 0.3) is 0 Å². The molecule has 1 saturated heterocycles. The zero-order valence-electron chi connectivity index (χ0n) is 15.6. The summed E-state index contributed by atoms with van der Waals surface area (Å²) in [5.74, 6) is -0.141. The van der Waals surface area contributed by atoms with Gasteiger partial charge in [-0.05, 0) is 42.8 Å². The number of ether oxygens (including phenoxy) is 1. The molecular weight excluding hydrogens is 383 g/mol. The van der Waals surface area contributed by atoms with Gasteiger partial charge in [-0.3, -0.25) is 4.79 Å². The molecule has 0 aliphatic carbocycles. The molecule has 0 unspecified atom stereocenters. The number of halogens is 1. The number of rotatable bonds is 6. The quantitative estimate of drug-likeness (QED) is 0.739. The SMILES string of the molecule is CC[C@@H](Oc1ccc(F)cc1)C(=O)N1CCN(S(=O)(=O)c2ccccc2)CC1. The summed E-state index contributed by atoms with van der Waals surface area (Å²) in [6.45, 7) is 2.90. The fraction of sp³-hybridized carbons (Fsp3) is 0.350. The fourth-order valence-corrected chi connectivity index (χ4v) is 4.52. The molecule has 1 aliphatic heterocycles. The van der Waals surface area contributed by atoms with Gasteiger partial charge in [0.25, 0.3) is 5.91 Å². The summed E-state index contributed by atoms with van der Waals surface area (Å²) in [6, 6.07) is 13.8. The minimum absolute atomic E-state index is 0.191. The van der Waals surface area contributed by atoms with Crippen molar-refractivity contribution in [2.75, 3.05) is 26.2 Å². The Morgan fingerprint density at radius 3 is 2.21 bits per heavy atom. The molecule has 0 spiro atoms. The Kier molecular flexibility index (Phi) is 6.31. The zero-order chi connectivity index (χ0) is 20.1. The van der Waals surface area contributed by atoms with E-state index >= 15 is 0 Å². The second-order valence-corrected chi connectivity index (χ2v) is 8.45. The summed E-state index contributed by atoms with van der Waals surface area (Å²) in [5.41, 5.74) is 0. The van der Waals surface area contributed by atoms with Crippen molar-refractivity contribution in [1.29, 1.82) is 0 Å². The largest absolute Gasteiger partial charge is 0.481 e. The molecule has 8 heteroatoms. The molecule has 2 aromatic carbocycles. The van der Waals surface area contributed by atoms with Crippen LogP contribution in [0, 0.1) is 5.82 Å². The van der Waals surface area contributed by atoms with E-state index in [1.54, 1.807) is 35.2 Å². The maximum Gasteiger partial charge on any atom is 0.263 e. The molecule has 0 saturated carbocycles. The summed E-state index contributed by atoms with van der Waals surface area (Å²) < 4.78 is 45.5. The monoisotopic (exact) mass is 406 g/mol. The van der Waals surface area contributed by atoms with Crippen LogP contribution in [0.4, 0.5) is 4.39 Å². The molecule has 1 heterocycles. The molecule has 3 rings (SSSR count). The summed E-state index contributed by atoms with van der Waals surface area (Å²) in [6.07, 6.45) is -0.235. The Labute approximate surface area is 164 Å². The van der Waals surface area contributed by atoms with Gasteiger partial charge in [0.2, 0.25) is 10.0 Å². The van der Waals surface area contributed by atoms with Gasteiger partial charge >= 0.3 is 0 Å². The van der Waals surface area contributed by atoms with Crippen molar-refractivity contribution in [2.24, 2.45) is 0 Å². The highest BCUT2D eigenvalue weighted by Crippen LogP contribution is 2.19. The molecule has 2 aromatic rings. The lowest BCUT2D eigenvalue weighted by Crippen LogP contribution is -2.53. The van der Waals surface area contributed by atoms with Crippen molar-refractivity contribution in [1.82, 2.24) is 9.21 Å². The van der Waals surface area contributed by atoms with Crippen LogP contribution >= 0.6 is 0 Å². The van der Waals surface area contributed by atoms with Gasteiger partial charge in [-0.1, -0.05) is 25.1 Å². The highest BCUT2D eigenvalue weighted by molar-refractivity contribution is 7.89. The predicted octanol–water partition coefficient (Wildman–Crippen LogP) is 2.52. The van der Waals surface area contributed by atoms with E-state index < -0.39 is 16.1 Å². The third-order valence-electron chi connectivity index (χ3n) is 4.67. The Bertz CT molecular complexity index is 896. The summed E-state index contributed by atoms with van der Waals surface area (Å²) in [5, 5.41) is 0. The first-order chi connectivity index (χ1) is 13.4. The first-order valence-electron chi connectivity index (χ1n) is 9.18. The second kappa shape index (κ2) is 8.70. The van der Waals surface area contributed by atoms with Crippen molar-refractivity contribution >= 4 is 15.9 Å². The van der Waals surface area contributed by atoms with E-state index in [0.717, 1.165) is 0 Å². The van der Waals surface area contributed by atoms with Gasteiger partial charge in [0.15, 0.2) is 6.10 Å². The first kappa shape index (κ1) is 20.3. The van der Waals surface area contributed by atoms with E-state index in [4.69, 9.17) is 4.74 Å². The Hall–Kier alpha value is -2.45. The van der Waals surface area contributed by atoms with Crippen molar-refractivity contribution in [3.05, 3.63) is 60.4 Å². The van der Waals surface area contributed by atoms with E-state index in [1.165, 1.54) is 28.6 Å². The zero-order valence-corrected chi connectivity index (χ0v) is 16.4. The second-order valence-electron chi connectivity index (χ2n) is 6.51. The van der Waals surface area contributed by atoms with Crippen LogP contribution < -0.4 is 4.74 Å². The average Bonchev–Trinajstić information content (AvgIpc) is 2.73. The highest BCUT2D eigenvalue weighted by atomic mass is 32.2. The molecular formula is C20H23FN2O4S. The first-order valence-corrected chi connectivity index (χ1v) is 10.6. The molecule has 0 aromatic heterocycles. The number of carbonyl (C=O) groups excluding carboxylic acids is 1. The van der Waals surface area contributed by atoms with Gasteiger partial charge in [-0.2, -0.15) is 4.31 Å². The number of nitrogens with zero attached hydrogens (tertiary/aromatic N) is 2. The van der Waals surface area contributed by atoms with Crippen LogP contribution in [0.1, 0.15) is 13.3 Å². The number of piperazine rings is 1. The molecule has 0 bridgehead atoms. The van der Waals surface area contributed by atoms with Gasteiger partial charge in [0.05, 0.1) is 4.90 Å². The highest BCUT2D eigenvalue weighted by Gasteiger charge is 2.32. The van der Waals surface area contributed by atoms with E-state index in [2.05, 4.69) is 0 Å². The van der Waals surface area contributed by atoms with Crippen molar-refractivity contribution in [3.63, 3.8) is 0 Å². The average molecular weight is 406 g/mol. The van der Waals surface area contributed by atoms with Crippen LogP contribution in [-0.2, 0) is 14.8 Å². The van der Waals surface area contributed by atoms with Crippen molar-refractivity contribution in [2.45, 2.75) is 24.3 Å². The molecule has 1 atom stereocenters. The van der Waals surface area contributed by atoms with Crippen molar-refractivity contribution in [3.8, 4) is 5.75 Å².